The second-order valence-corrected chi connectivity index (χ2v) is 4.71. The maximum atomic E-state index is 12.1. The first kappa shape index (κ1) is 14.3. The lowest BCUT2D eigenvalue weighted by molar-refractivity contribution is -0.117. The Balaban J connectivity index is 2.12. The SMILES string of the molecule is CCCC[C@H](N)C(=O)Nc1ccccc1-n1cccn1. The Labute approximate surface area is 118 Å². The molecule has 0 saturated heterocycles. The van der Waals surface area contributed by atoms with Crippen molar-refractivity contribution >= 4 is 11.6 Å². The summed E-state index contributed by atoms with van der Waals surface area (Å²) in [5.41, 5.74) is 7.43. The molecular formula is C15H20N4O. The zero-order valence-electron chi connectivity index (χ0n) is 11.6. The number of carbonyl (C=O) groups is 1. The van der Waals surface area contributed by atoms with Gasteiger partial charge in [-0.1, -0.05) is 31.9 Å². The highest BCUT2D eigenvalue weighted by Crippen LogP contribution is 2.19. The summed E-state index contributed by atoms with van der Waals surface area (Å²) in [6.45, 7) is 2.08. The fraction of sp³-hybridized carbons (Fsp3) is 0.333. The molecule has 0 fully saturated rings. The van der Waals surface area contributed by atoms with Crippen molar-refractivity contribution in [2.24, 2.45) is 5.73 Å². The number of anilines is 1. The van der Waals surface area contributed by atoms with Crippen molar-refractivity contribution in [3.8, 4) is 5.69 Å². The smallest absolute Gasteiger partial charge is 0.241 e. The molecule has 5 nitrogen and oxygen atoms in total. The second kappa shape index (κ2) is 6.86. The molecule has 5 heteroatoms. The van der Waals surface area contributed by atoms with E-state index >= 15 is 0 Å². The van der Waals surface area contributed by atoms with E-state index in [1.54, 1.807) is 10.9 Å². The lowest BCUT2D eigenvalue weighted by Crippen LogP contribution is -2.35. The van der Waals surface area contributed by atoms with Crippen LogP contribution in [0.2, 0.25) is 0 Å². The van der Waals surface area contributed by atoms with Gasteiger partial charge in [0, 0.05) is 12.4 Å². The molecule has 1 aromatic carbocycles. The molecule has 0 saturated carbocycles. The summed E-state index contributed by atoms with van der Waals surface area (Å²) in [5.74, 6) is -0.155. The zero-order valence-corrected chi connectivity index (χ0v) is 11.6. The van der Waals surface area contributed by atoms with Crippen LogP contribution in [0.15, 0.2) is 42.7 Å². The average molecular weight is 272 g/mol. The number of nitrogens with one attached hydrogen (secondary N) is 1. The summed E-state index contributed by atoms with van der Waals surface area (Å²) < 4.78 is 1.72. The van der Waals surface area contributed by atoms with Crippen molar-refractivity contribution in [1.29, 1.82) is 0 Å². The minimum absolute atomic E-state index is 0.155. The van der Waals surface area contributed by atoms with Crippen LogP contribution in [0, 0.1) is 0 Å². The van der Waals surface area contributed by atoms with Crippen LogP contribution in [-0.4, -0.2) is 21.7 Å². The normalized spacial score (nSPS) is 12.1. The molecule has 106 valence electrons. The maximum absolute atomic E-state index is 12.1. The van der Waals surface area contributed by atoms with E-state index in [-0.39, 0.29) is 5.91 Å². The highest BCUT2D eigenvalue weighted by molar-refractivity contribution is 5.96. The molecular weight excluding hydrogens is 252 g/mol. The van der Waals surface area contributed by atoms with Crippen LogP contribution in [-0.2, 0) is 4.79 Å². The van der Waals surface area contributed by atoms with Crippen molar-refractivity contribution < 1.29 is 4.79 Å². The zero-order chi connectivity index (χ0) is 14.4. The Kier molecular flexibility index (Phi) is 4.90. The van der Waals surface area contributed by atoms with Gasteiger partial charge in [0.25, 0.3) is 0 Å². The van der Waals surface area contributed by atoms with E-state index in [2.05, 4.69) is 17.3 Å². The molecule has 0 spiro atoms. The second-order valence-electron chi connectivity index (χ2n) is 4.71. The van der Waals surface area contributed by atoms with Gasteiger partial charge in [-0.25, -0.2) is 4.68 Å². The topological polar surface area (TPSA) is 72.9 Å². The van der Waals surface area contributed by atoms with Crippen LogP contribution >= 0.6 is 0 Å². The lowest BCUT2D eigenvalue weighted by atomic mass is 10.1. The number of aromatic nitrogens is 2. The van der Waals surface area contributed by atoms with Gasteiger partial charge in [-0.05, 0) is 24.6 Å². The molecule has 3 N–H and O–H groups in total. The van der Waals surface area contributed by atoms with E-state index in [1.807, 2.05) is 36.5 Å². The molecule has 1 atom stereocenters. The van der Waals surface area contributed by atoms with Crippen LogP contribution in [0.5, 0.6) is 0 Å². The highest BCUT2D eigenvalue weighted by Gasteiger charge is 2.14. The summed E-state index contributed by atoms with van der Waals surface area (Å²) in [5, 5.41) is 7.07. The fourth-order valence-electron chi connectivity index (χ4n) is 1.97. The summed E-state index contributed by atoms with van der Waals surface area (Å²) in [7, 11) is 0. The molecule has 20 heavy (non-hydrogen) atoms. The van der Waals surface area contributed by atoms with Gasteiger partial charge >= 0.3 is 0 Å². The Bertz CT molecular complexity index is 551. The maximum Gasteiger partial charge on any atom is 0.241 e. The molecule has 2 rings (SSSR count). The number of nitrogens with two attached hydrogens (primary N) is 1. The highest BCUT2D eigenvalue weighted by atomic mass is 16.2. The van der Waals surface area contributed by atoms with Gasteiger partial charge in [0.15, 0.2) is 0 Å². The standard InChI is InChI=1S/C15H20N4O/c1-2-3-7-12(16)15(20)18-13-8-4-5-9-14(13)19-11-6-10-17-19/h4-6,8-12H,2-3,7,16H2,1H3,(H,18,20)/t12-/m0/s1. The molecule has 1 amide bonds. The number of para-hydroxylation sites is 2. The Morgan fingerprint density at radius 1 is 1.40 bits per heavy atom. The van der Waals surface area contributed by atoms with Gasteiger partial charge in [-0.3, -0.25) is 4.79 Å². The Morgan fingerprint density at radius 2 is 2.20 bits per heavy atom. The number of nitrogens with zero attached hydrogens (tertiary/aromatic N) is 2. The Morgan fingerprint density at radius 3 is 2.90 bits per heavy atom. The third kappa shape index (κ3) is 3.45. The van der Waals surface area contributed by atoms with Crippen LogP contribution in [0.4, 0.5) is 5.69 Å². The number of amides is 1. The van der Waals surface area contributed by atoms with Gasteiger partial charge < -0.3 is 11.1 Å². The summed E-state index contributed by atoms with van der Waals surface area (Å²) in [4.78, 5) is 12.1. The van der Waals surface area contributed by atoms with Crippen molar-refractivity contribution in [2.45, 2.75) is 32.2 Å². The average Bonchev–Trinajstić information content (AvgIpc) is 2.99. The fourth-order valence-corrected chi connectivity index (χ4v) is 1.97. The molecule has 0 unspecified atom stereocenters. The van der Waals surface area contributed by atoms with Crippen LogP contribution in [0.1, 0.15) is 26.2 Å². The molecule has 1 aromatic heterocycles. The van der Waals surface area contributed by atoms with Gasteiger partial charge in [0.05, 0.1) is 17.4 Å². The molecule has 0 aliphatic heterocycles. The van der Waals surface area contributed by atoms with Gasteiger partial charge in [0.2, 0.25) is 5.91 Å². The van der Waals surface area contributed by atoms with E-state index in [0.29, 0.717) is 12.1 Å². The van der Waals surface area contributed by atoms with E-state index in [4.69, 9.17) is 5.73 Å². The summed E-state index contributed by atoms with van der Waals surface area (Å²) in [6, 6.07) is 8.90. The number of carbonyl (C=O) groups excluding carboxylic acids is 1. The van der Waals surface area contributed by atoms with Gasteiger partial charge in [-0.15, -0.1) is 0 Å². The minimum Gasteiger partial charge on any atom is -0.323 e. The number of unbranched alkanes of at least 4 members (excludes halogenated alkanes) is 1. The quantitative estimate of drug-likeness (QED) is 0.847. The molecule has 0 radical (unpaired) electrons. The predicted octanol–water partition coefficient (Wildman–Crippen LogP) is 2.33. The number of rotatable bonds is 6. The van der Waals surface area contributed by atoms with E-state index in [9.17, 15) is 4.79 Å². The van der Waals surface area contributed by atoms with E-state index in [1.165, 1.54) is 0 Å². The monoisotopic (exact) mass is 272 g/mol. The largest absolute Gasteiger partial charge is 0.323 e. The van der Waals surface area contributed by atoms with Crippen LogP contribution in [0.25, 0.3) is 5.69 Å². The van der Waals surface area contributed by atoms with Crippen LogP contribution < -0.4 is 11.1 Å². The molecule has 0 aliphatic rings. The number of hydrogen-bond donors (Lipinski definition) is 2. The predicted molar refractivity (Wildman–Crippen MR) is 79.7 cm³/mol. The van der Waals surface area contributed by atoms with Crippen molar-refractivity contribution in [1.82, 2.24) is 9.78 Å². The third-order valence-corrected chi connectivity index (χ3v) is 3.12. The third-order valence-electron chi connectivity index (χ3n) is 3.12. The van der Waals surface area contributed by atoms with Crippen molar-refractivity contribution in [3.05, 3.63) is 42.7 Å². The van der Waals surface area contributed by atoms with Crippen molar-refractivity contribution in [2.75, 3.05) is 5.32 Å². The first-order chi connectivity index (χ1) is 9.72. The molecule has 1 heterocycles. The summed E-state index contributed by atoms with van der Waals surface area (Å²) >= 11 is 0. The number of hydrogen-bond acceptors (Lipinski definition) is 3. The molecule has 0 aliphatic carbocycles. The van der Waals surface area contributed by atoms with E-state index < -0.39 is 6.04 Å². The molecule has 2 aromatic rings. The van der Waals surface area contributed by atoms with Gasteiger partial charge in [0.1, 0.15) is 0 Å². The first-order valence-corrected chi connectivity index (χ1v) is 6.88. The first-order valence-electron chi connectivity index (χ1n) is 6.88. The van der Waals surface area contributed by atoms with Gasteiger partial charge in [-0.2, -0.15) is 5.10 Å². The number of benzene rings is 1. The summed E-state index contributed by atoms with van der Waals surface area (Å²) in [6.07, 6.45) is 6.22. The van der Waals surface area contributed by atoms with E-state index in [0.717, 1.165) is 18.5 Å². The lowest BCUT2D eigenvalue weighted by Gasteiger charge is -2.14. The van der Waals surface area contributed by atoms with Crippen molar-refractivity contribution in [3.63, 3.8) is 0 Å². The minimum atomic E-state index is -0.472. The van der Waals surface area contributed by atoms with Crippen LogP contribution in [0.3, 0.4) is 0 Å². The molecule has 0 bridgehead atoms. The Hall–Kier alpha value is -2.14.